The van der Waals surface area contributed by atoms with Crippen molar-refractivity contribution >= 4 is 5.91 Å². The summed E-state index contributed by atoms with van der Waals surface area (Å²) in [5.74, 6) is 0.177. The van der Waals surface area contributed by atoms with E-state index in [1.807, 2.05) is 11.8 Å². The second-order valence-electron chi connectivity index (χ2n) is 7.40. The first kappa shape index (κ1) is 15.8. The molecule has 0 aromatic rings. The van der Waals surface area contributed by atoms with E-state index in [-0.39, 0.29) is 11.9 Å². The maximum Gasteiger partial charge on any atom is 0.239 e. The van der Waals surface area contributed by atoms with Crippen molar-refractivity contribution in [2.75, 3.05) is 19.6 Å². The van der Waals surface area contributed by atoms with Gasteiger partial charge in [0, 0.05) is 13.1 Å². The number of hydrogen-bond donors (Lipinski definition) is 2. The summed E-state index contributed by atoms with van der Waals surface area (Å²) >= 11 is 0. The molecule has 2 fully saturated rings. The molecule has 1 saturated heterocycles. The van der Waals surface area contributed by atoms with Crippen LogP contribution in [0.25, 0.3) is 0 Å². The summed E-state index contributed by atoms with van der Waals surface area (Å²) < 4.78 is 0. The van der Waals surface area contributed by atoms with Crippen molar-refractivity contribution in [3.05, 3.63) is 0 Å². The van der Waals surface area contributed by atoms with Crippen LogP contribution in [0.4, 0.5) is 0 Å². The molecule has 0 aromatic carbocycles. The van der Waals surface area contributed by atoms with Crippen LogP contribution in [-0.2, 0) is 4.79 Å². The minimum atomic E-state index is -0.667. The molecule has 0 radical (unpaired) electrons. The molecule has 20 heavy (non-hydrogen) atoms. The highest BCUT2D eigenvalue weighted by Gasteiger charge is 2.40. The smallest absolute Gasteiger partial charge is 0.239 e. The number of hydrogen-bond acceptors (Lipinski definition) is 3. The normalized spacial score (nSPS) is 29.5. The Balaban J connectivity index is 1.93. The summed E-state index contributed by atoms with van der Waals surface area (Å²) in [5, 5.41) is 14.0. The van der Waals surface area contributed by atoms with Crippen LogP contribution in [0.3, 0.4) is 0 Å². The van der Waals surface area contributed by atoms with Gasteiger partial charge in [0.25, 0.3) is 0 Å². The van der Waals surface area contributed by atoms with Gasteiger partial charge in [0.1, 0.15) is 0 Å². The number of β-amino-alcohol motifs (C(OH)–C–C–N with tert-alkyl or cyclic N) is 1. The minimum Gasteiger partial charge on any atom is -0.388 e. The van der Waals surface area contributed by atoms with Crippen molar-refractivity contribution in [3.8, 4) is 0 Å². The summed E-state index contributed by atoms with van der Waals surface area (Å²) in [5.41, 5.74) is -0.330. The zero-order chi connectivity index (χ0) is 14.8. The predicted molar refractivity (Wildman–Crippen MR) is 80.5 cm³/mol. The molecule has 2 aliphatic rings. The first-order chi connectivity index (χ1) is 9.35. The molecule has 1 saturated carbocycles. The van der Waals surface area contributed by atoms with Crippen LogP contribution in [0.15, 0.2) is 0 Å². The largest absolute Gasteiger partial charge is 0.388 e. The molecule has 1 amide bonds. The zero-order valence-electron chi connectivity index (χ0n) is 13.2. The highest BCUT2D eigenvalue weighted by molar-refractivity contribution is 5.82. The van der Waals surface area contributed by atoms with Crippen molar-refractivity contribution in [1.82, 2.24) is 10.2 Å². The van der Waals surface area contributed by atoms with Crippen LogP contribution >= 0.6 is 0 Å². The molecule has 0 bridgehead atoms. The van der Waals surface area contributed by atoms with Gasteiger partial charge in [-0.3, -0.25) is 4.79 Å². The fourth-order valence-corrected chi connectivity index (χ4v) is 3.44. The number of piperidine rings is 1. The van der Waals surface area contributed by atoms with Gasteiger partial charge >= 0.3 is 0 Å². The molecule has 0 spiro atoms. The molecule has 116 valence electrons. The lowest BCUT2D eigenvalue weighted by atomic mass is 9.71. The van der Waals surface area contributed by atoms with E-state index in [4.69, 9.17) is 0 Å². The molecule has 2 rings (SSSR count). The monoisotopic (exact) mass is 282 g/mol. The highest BCUT2D eigenvalue weighted by Crippen LogP contribution is 2.40. The van der Waals surface area contributed by atoms with Crippen molar-refractivity contribution in [3.63, 3.8) is 0 Å². The van der Waals surface area contributed by atoms with E-state index in [1.165, 1.54) is 0 Å². The Morgan fingerprint density at radius 2 is 1.95 bits per heavy atom. The van der Waals surface area contributed by atoms with E-state index in [1.54, 1.807) is 0 Å². The summed E-state index contributed by atoms with van der Waals surface area (Å²) in [6.45, 7) is 8.70. The number of amides is 1. The summed E-state index contributed by atoms with van der Waals surface area (Å²) in [4.78, 5) is 14.3. The number of aliphatic hydroxyl groups is 1. The van der Waals surface area contributed by atoms with Crippen molar-refractivity contribution in [2.45, 2.75) is 70.9 Å². The third-order valence-electron chi connectivity index (χ3n) is 5.00. The van der Waals surface area contributed by atoms with Crippen LogP contribution < -0.4 is 5.32 Å². The lowest BCUT2D eigenvalue weighted by Crippen LogP contribution is -2.56. The summed E-state index contributed by atoms with van der Waals surface area (Å²) in [6.07, 6.45) is 5.68. The second kappa shape index (κ2) is 6.02. The van der Waals surface area contributed by atoms with Gasteiger partial charge in [-0.15, -0.1) is 0 Å². The van der Waals surface area contributed by atoms with Gasteiger partial charge < -0.3 is 15.3 Å². The Morgan fingerprint density at radius 1 is 1.30 bits per heavy atom. The van der Waals surface area contributed by atoms with Gasteiger partial charge in [-0.25, -0.2) is 0 Å². The minimum absolute atomic E-state index is 0.0441. The fraction of sp³-hybridized carbons (Fsp3) is 0.938. The third kappa shape index (κ3) is 3.73. The quantitative estimate of drug-likeness (QED) is 0.828. The average molecular weight is 282 g/mol. The van der Waals surface area contributed by atoms with Crippen LogP contribution in [0.5, 0.6) is 0 Å². The van der Waals surface area contributed by atoms with E-state index < -0.39 is 5.60 Å². The SMILES string of the molecule is CCNC1CCCN(CC2(O)CCC(C)(C)CC2)C1=O. The van der Waals surface area contributed by atoms with Crippen molar-refractivity contribution in [1.29, 1.82) is 0 Å². The second-order valence-corrected chi connectivity index (χ2v) is 7.40. The van der Waals surface area contributed by atoms with Crippen molar-refractivity contribution < 1.29 is 9.90 Å². The topological polar surface area (TPSA) is 52.6 Å². The summed E-state index contributed by atoms with van der Waals surface area (Å²) in [7, 11) is 0. The lowest BCUT2D eigenvalue weighted by molar-refractivity contribution is -0.141. The van der Waals surface area contributed by atoms with Crippen molar-refractivity contribution in [2.24, 2.45) is 5.41 Å². The third-order valence-corrected chi connectivity index (χ3v) is 5.00. The van der Waals surface area contributed by atoms with Gasteiger partial charge in [0.2, 0.25) is 5.91 Å². The predicted octanol–water partition coefficient (Wildman–Crippen LogP) is 1.92. The molecular weight excluding hydrogens is 252 g/mol. The molecule has 1 aliphatic carbocycles. The number of rotatable bonds is 4. The maximum absolute atomic E-state index is 12.4. The lowest BCUT2D eigenvalue weighted by Gasteiger charge is -2.44. The number of carbonyl (C=O) groups excluding carboxylic acids is 1. The maximum atomic E-state index is 12.4. The number of likely N-dealkylation sites (N-methyl/N-ethyl adjacent to an activating group) is 1. The molecule has 1 unspecified atom stereocenters. The van der Waals surface area contributed by atoms with Gasteiger partial charge in [0.15, 0.2) is 0 Å². The molecule has 1 atom stereocenters. The molecule has 1 aliphatic heterocycles. The Labute approximate surface area is 122 Å². The molecule has 2 N–H and O–H groups in total. The van der Waals surface area contributed by atoms with Crippen LogP contribution in [-0.4, -0.2) is 47.2 Å². The van der Waals surface area contributed by atoms with Gasteiger partial charge in [-0.2, -0.15) is 0 Å². The van der Waals surface area contributed by atoms with E-state index in [0.29, 0.717) is 12.0 Å². The Hall–Kier alpha value is -0.610. The molecule has 0 aromatic heterocycles. The molecule has 4 nitrogen and oxygen atoms in total. The van der Waals surface area contributed by atoms with E-state index in [0.717, 1.165) is 51.6 Å². The van der Waals surface area contributed by atoms with Crippen LogP contribution in [0.2, 0.25) is 0 Å². The Bertz CT molecular complexity index is 342. The standard InChI is InChI=1S/C16H30N2O2/c1-4-17-13-6-5-11-18(14(13)19)12-16(20)9-7-15(2,3)8-10-16/h13,17,20H,4-12H2,1-3H3. The molecular formula is C16H30N2O2. The van der Waals surface area contributed by atoms with E-state index >= 15 is 0 Å². The molecule has 1 heterocycles. The Kier molecular flexibility index (Phi) is 4.75. The average Bonchev–Trinajstić information content (AvgIpc) is 2.39. The van der Waals surface area contributed by atoms with E-state index in [2.05, 4.69) is 19.2 Å². The number of nitrogens with zero attached hydrogens (tertiary/aromatic N) is 1. The summed E-state index contributed by atoms with van der Waals surface area (Å²) in [6, 6.07) is -0.0441. The Morgan fingerprint density at radius 3 is 2.55 bits per heavy atom. The number of likely N-dealkylation sites (tertiary alicyclic amines) is 1. The van der Waals surface area contributed by atoms with Crippen LogP contribution in [0, 0.1) is 5.41 Å². The van der Waals surface area contributed by atoms with Gasteiger partial charge in [0.05, 0.1) is 11.6 Å². The number of carbonyl (C=O) groups is 1. The van der Waals surface area contributed by atoms with Gasteiger partial charge in [-0.05, 0) is 50.5 Å². The van der Waals surface area contributed by atoms with E-state index in [9.17, 15) is 9.90 Å². The highest BCUT2D eigenvalue weighted by atomic mass is 16.3. The first-order valence-corrected chi connectivity index (χ1v) is 8.10. The number of nitrogens with one attached hydrogen (secondary N) is 1. The zero-order valence-corrected chi connectivity index (χ0v) is 13.2. The first-order valence-electron chi connectivity index (χ1n) is 8.10. The fourth-order valence-electron chi connectivity index (χ4n) is 3.44. The molecule has 4 heteroatoms. The van der Waals surface area contributed by atoms with Gasteiger partial charge in [-0.1, -0.05) is 20.8 Å². The van der Waals surface area contributed by atoms with Crippen LogP contribution in [0.1, 0.15) is 59.3 Å².